The van der Waals surface area contributed by atoms with Gasteiger partial charge in [-0.2, -0.15) is 0 Å². The second kappa shape index (κ2) is 10.9. The number of nitrogens with zero attached hydrogens (tertiary/aromatic N) is 2. The lowest BCUT2D eigenvalue weighted by Crippen LogP contribution is -2.30. The van der Waals surface area contributed by atoms with E-state index in [0.717, 1.165) is 0 Å². The summed E-state index contributed by atoms with van der Waals surface area (Å²) in [4.78, 5) is 49.3. The Balaban J connectivity index is 3.50. The first-order chi connectivity index (χ1) is 12.5. The number of carbonyl (C=O) groups excluding carboxylic acids is 4. The van der Waals surface area contributed by atoms with Crippen LogP contribution in [0.25, 0.3) is 0 Å². The van der Waals surface area contributed by atoms with Crippen LogP contribution in [0.5, 0.6) is 0 Å². The van der Waals surface area contributed by atoms with Crippen LogP contribution in [-0.2, 0) is 14.3 Å². The first-order valence-corrected chi connectivity index (χ1v) is 10.7. The number of likely N-dealkylation sites (N-methyl/N-ethyl adjacent to an activating group) is 1. The molecule has 0 saturated heterocycles. The predicted octanol–water partition coefficient (Wildman–Crippen LogP) is 3.78. The molecule has 0 saturated carbocycles. The number of anilines is 1. The van der Waals surface area contributed by atoms with Crippen molar-refractivity contribution >= 4 is 108 Å². The average Bonchev–Trinajstić information content (AvgIpc) is 2.58. The lowest BCUT2D eigenvalue weighted by Gasteiger charge is -2.22. The Bertz CT molecular complexity index is 816. The van der Waals surface area contributed by atoms with Crippen molar-refractivity contribution in [2.75, 3.05) is 23.3 Å². The summed E-state index contributed by atoms with van der Waals surface area (Å²) in [5, 5.41) is -0.747. The quantitative estimate of drug-likeness (QED) is 0.140. The van der Waals surface area contributed by atoms with Gasteiger partial charge in [0.05, 0.1) is 43.2 Å². The second-order valence-electron chi connectivity index (χ2n) is 5.15. The number of esters is 1. The summed E-state index contributed by atoms with van der Waals surface area (Å²) in [6.45, 7) is 4.62. The van der Waals surface area contributed by atoms with E-state index < -0.39 is 23.7 Å². The summed E-state index contributed by atoms with van der Waals surface area (Å²) in [6.07, 6.45) is 1.57. The molecule has 0 aliphatic heterocycles. The molecule has 0 radical (unpaired) electrons. The van der Waals surface area contributed by atoms with Crippen LogP contribution in [-0.4, -0.2) is 48.1 Å². The van der Waals surface area contributed by atoms with E-state index in [4.69, 9.17) is 16.3 Å². The number of rotatable bonds is 7. The van der Waals surface area contributed by atoms with Gasteiger partial charge in [-0.05, 0) is 62.8 Å². The molecule has 0 fully saturated rings. The van der Waals surface area contributed by atoms with Crippen molar-refractivity contribution in [3.8, 4) is 0 Å². The van der Waals surface area contributed by atoms with Gasteiger partial charge in [0.25, 0.3) is 17.1 Å². The fourth-order valence-corrected chi connectivity index (χ4v) is 5.75. The Kier molecular flexibility index (Phi) is 9.91. The van der Waals surface area contributed by atoms with Gasteiger partial charge in [0.2, 0.25) is 0 Å². The van der Waals surface area contributed by atoms with E-state index in [1.165, 1.54) is 21.0 Å². The number of amides is 2. The zero-order valence-corrected chi connectivity index (χ0v) is 21.5. The van der Waals surface area contributed by atoms with Crippen molar-refractivity contribution in [2.24, 2.45) is 0 Å². The standard InChI is InChI=1S/C16H14ClI3N2O5/c1-4-5-21(3)16(26)9-6-10(14(19)12(13(9)18)15(17)25)22(20)11(24)7-27-8(2)23/h4,6H,1,5,7H2,2-3H3. The highest BCUT2D eigenvalue weighted by atomic mass is 127. The minimum absolute atomic E-state index is 0.132. The minimum Gasteiger partial charge on any atom is -0.456 e. The van der Waals surface area contributed by atoms with Gasteiger partial charge in [0.15, 0.2) is 6.61 Å². The van der Waals surface area contributed by atoms with Crippen LogP contribution in [0.3, 0.4) is 0 Å². The summed E-state index contributed by atoms with van der Waals surface area (Å²) in [7, 11) is 1.59. The van der Waals surface area contributed by atoms with Gasteiger partial charge >= 0.3 is 5.97 Å². The molecule has 0 aromatic heterocycles. The van der Waals surface area contributed by atoms with Crippen LogP contribution >= 0.6 is 79.6 Å². The third-order valence-corrected chi connectivity index (χ3v) is 6.65. The highest BCUT2D eigenvalue weighted by Gasteiger charge is 2.27. The fourth-order valence-electron chi connectivity index (χ4n) is 1.93. The lowest BCUT2D eigenvalue weighted by molar-refractivity contribution is -0.145. The molecule has 1 rings (SSSR count). The van der Waals surface area contributed by atoms with Crippen molar-refractivity contribution in [1.29, 1.82) is 0 Å². The van der Waals surface area contributed by atoms with Gasteiger partial charge in [0.1, 0.15) is 0 Å². The molecule has 2 amide bonds. The molecule has 0 unspecified atom stereocenters. The van der Waals surface area contributed by atoms with Gasteiger partial charge < -0.3 is 9.64 Å². The van der Waals surface area contributed by atoms with E-state index in [2.05, 4.69) is 6.58 Å². The zero-order valence-electron chi connectivity index (χ0n) is 14.2. The van der Waals surface area contributed by atoms with Crippen LogP contribution in [0.2, 0.25) is 0 Å². The van der Waals surface area contributed by atoms with Gasteiger partial charge in [-0.1, -0.05) is 6.08 Å². The van der Waals surface area contributed by atoms with E-state index in [0.29, 0.717) is 19.4 Å². The lowest BCUT2D eigenvalue weighted by atomic mass is 10.1. The third-order valence-electron chi connectivity index (χ3n) is 3.19. The number of ether oxygens (including phenoxy) is 1. The Morgan fingerprint density at radius 3 is 2.33 bits per heavy atom. The molecule has 0 aliphatic carbocycles. The molecular weight excluding hydrogens is 716 g/mol. The van der Waals surface area contributed by atoms with Crippen LogP contribution in [0, 0.1) is 7.14 Å². The first kappa shape index (κ1) is 24.6. The van der Waals surface area contributed by atoms with Gasteiger partial charge in [0, 0.05) is 24.1 Å². The molecule has 0 N–H and O–H groups in total. The van der Waals surface area contributed by atoms with E-state index in [-0.39, 0.29) is 17.0 Å². The monoisotopic (exact) mass is 730 g/mol. The highest BCUT2D eigenvalue weighted by molar-refractivity contribution is 14.1. The fraction of sp³-hybridized carbons (Fsp3) is 0.250. The molecule has 7 nitrogen and oxygen atoms in total. The van der Waals surface area contributed by atoms with E-state index >= 15 is 0 Å². The Hall–Kier alpha value is -0.480. The molecule has 0 heterocycles. The highest BCUT2D eigenvalue weighted by Crippen LogP contribution is 2.35. The molecule has 27 heavy (non-hydrogen) atoms. The van der Waals surface area contributed by atoms with Crippen molar-refractivity contribution in [1.82, 2.24) is 4.90 Å². The number of carbonyl (C=O) groups is 4. The molecule has 146 valence electrons. The molecule has 11 heteroatoms. The number of benzene rings is 1. The maximum Gasteiger partial charge on any atom is 0.303 e. The van der Waals surface area contributed by atoms with Crippen molar-refractivity contribution in [2.45, 2.75) is 6.92 Å². The number of halogens is 4. The molecular formula is C16H14ClI3N2O5. The minimum atomic E-state index is -0.747. The van der Waals surface area contributed by atoms with Gasteiger partial charge in [-0.25, -0.2) is 3.11 Å². The topological polar surface area (TPSA) is 84.0 Å². The molecule has 0 atom stereocenters. The molecule has 0 spiro atoms. The second-order valence-corrected chi connectivity index (χ2v) is 8.61. The van der Waals surface area contributed by atoms with E-state index in [9.17, 15) is 19.2 Å². The number of hydrogen-bond acceptors (Lipinski definition) is 5. The maximum atomic E-state index is 12.7. The first-order valence-electron chi connectivity index (χ1n) is 7.23. The largest absolute Gasteiger partial charge is 0.456 e. The SMILES string of the molecule is C=CCN(C)C(=O)c1cc(N(I)C(=O)COC(C)=O)c(I)c(C(=O)Cl)c1I. The Morgan fingerprint density at radius 2 is 1.85 bits per heavy atom. The summed E-state index contributed by atoms with van der Waals surface area (Å²) in [5.74, 6) is -1.48. The zero-order chi connectivity index (χ0) is 20.9. The molecule has 0 aliphatic rings. The van der Waals surface area contributed by atoms with Crippen LogP contribution in [0.1, 0.15) is 27.6 Å². The summed E-state index contributed by atoms with van der Waals surface area (Å²) in [5.41, 5.74) is 0.655. The summed E-state index contributed by atoms with van der Waals surface area (Å²) >= 11 is 11.2. The summed E-state index contributed by atoms with van der Waals surface area (Å²) in [6, 6.07) is 1.51. The molecule has 0 bridgehead atoms. The Morgan fingerprint density at radius 1 is 1.26 bits per heavy atom. The molecule has 1 aromatic carbocycles. The van der Waals surface area contributed by atoms with Crippen LogP contribution in [0.15, 0.2) is 18.7 Å². The third kappa shape index (κ3) is 6.25. The predicted molar refractivity (Wildman–Crippen MR) is 127 cm³/mol. The van der Waals surface area contributed by atoms with Gasteiger partial charge in [-0.15, -0.1) is 6.58 Å². The Labute approximate surface area is 202 Å². The normalized spacial score (nSPS) is 10.1. The van der Waals surface area contributed by atoms with Crippen molar-refractivity contribution in [3.05, 3.63) is 37.0 Å². The van der Waals surface area contributed by atoms with E-state index in [1.54, 1.807) is 36.0 Å². The van der Waals surface area contributed by atoms with Crippen molar-refractivity contribution < 1.29 is 23.9 Å². The molecule has 1 aromatic rings. The summed E-state index contributed by atoms with van der Waals surface area (Å²) < 4.78 is 6.70. The van der Waals surface area contributed by atoms with Crippen LogP contribution < -0.4 is 3.11 Å². The van der Waals surface area contributed by atoms with Crippen LogP contribution in [0.4, 0.5) is 5.69 Å². The average molecular weight is 730 g/mol. The maximum absolute atomic E-state index is 12.7. The van der Waals surface area contributed by atoms with E-state index in [1.807, 2.05) is 45.2 Å². The van der Waals surface area contributed by atoms with Crippen molar-refractivity contribution in [3.63, 3.8) is 0 Å². The number of hydrogen-bond donors (Lipinski definition) is 0. The van der Waals surface area contributed by atoms with Gasteiger partial charge in [-0.3, -0.25) is 19.2 Å². The smallest absolute Gasteiger partial charge is 0.303 e.